The molecule has 1 saturated heterocycles. The Morgan fingerprint density at radius 2 is 2.00 bits per heavy atom. The van der Waals surface area contributed by atoms with Crippen molar-refractivity contribution in [1.29, 1.82) is 0 Å². The van der Waals surface area contributed by atoms with E-state index in [1.54, 1.807) is 16.8 Å². The van der Waals surface area contributed by atoms with Crippen LogP contribution in [-0.4, -0.2) is 26.1 Å². The summed E-state index contributed by atoms with van der Waals surface area (Å²) in [7, 11) is 0. The van der Waals surface area contributed by atoms with Gasteiger partial charge in [-0.25, -0.2) is 9.67 Å². The molecule has 0 unspecified atom stereocenters. The third-order valence-electron chi connectivity index (χ3n) is 4.50. The molecule has 6 nitrogen and oxygen atoms in total. The number of aromatic nitrogens is 3. The molecule has 4 rings (SSSR count). The molecule has 2 aromatic carbocycles. The van der Waals surface area contributed by atoms with Gasteiger partial charge >= 0.3 is 0 Å². The summed E-state index contributed by atoms with van der Waals surface area (Å²) in [6, 6.07) is 16.2. The first-order chi connectivity index (χ1) is 14.6. The molecule has 7 heteroatoms. The first-order valence-corrected chi connectivity index (χ1v) is 10.4. The van der Waals surface area contributed by atoms with Gasteiger partial charge in [-0.05, 0) is 60.5 Å². The number of benzene rings is 2. The Morgan fingerprint density at radius 3 is 2.83 bits per heavy atom. The average Bonchev–Trinajstić information content (AvgIpc) is 3.32. The SMILES string of the molecule is Cc1ccc(C)c(N=C2NC(=O)/C(=C\C=C\c3cn(Cc4ccccc4)nn3)S2)c1. The molecule has 1 aromatic heterocycles. The van der Waals surface area contributed by atoms with Crippen molar-refractivity contribution in [2.75, 3.05) is 0 Å². The lowest BCUT2D eigenvalue weighted by molar-refractivity contribution is -0.115. The lowest BCUT2D eigenvalue weighted by atomic mass is 10.1. The summed E-state index contributed by atoms with van der Waals surface area (Å²) < 4.78 is 1.79. The number of carbonyl (C=O) groups is 1. The molecule has 0 spiro atoms. The summed E-state index contributed by atoms with van der Waals surface area (Å²) in [5.41, 5.74) is 4.96. The van der Waals surface area contributed by atoms with Gasteiger partial charge in [0.1, 0.15) is 5.69 Å². The van der Waals surface area contributed by atoms with Gasteiger partial charge < -0.3 is 5.32 Å². The Balaban J connectivity index is 1.42. The van der Waals surface area contributed by atoms with Gasteiger partial charge in [-0.1, -0.05) is 53.8 Å². The smallest absolute Gasteiger partial charge is 0.264 e. The fourth-order valence-electron chi connectivity index (χ4n) is 2.92. The number of nitrogens with zero attached hydrogens (tertiary/aromatic N) is 4. The van der Waals surface area contributed by atoms with Gasteiger partial charge in [0, 0.05) is 0 Å². The first-order valence-electron chi connectivity index (χ1n) is 9.54. The molecule has 0 atom stereocenters. The van der Waals surface area contributed by atoms with Crippen molar-refractivity contribution in [3.8, 4) is 0 Å². The predicted octanol–water partition coefficient (Wildman–Crippen LogP) is 4.39. The van der Waals surface area contributed by atoms with Crippen molar-refractivity contribution in [3.63, 3.8) is 0 Å². The van der Waals surface area contributed by atoms with Crippen molar-refractivity contribution in [2.24, 2.45) is 4.99 Å². The third kappa shape index (κ3) is 4.93. The lowest BCUT2D eigenvalue weighted by Crippen LogP contribution is -2.19. The predicted molar refractivity (Wildman–Crippen MR) is 121 cm³/mol. The summed E-state index contributed by atoms with van der Waals surface area (Å²) in [5.74, 6) is -0.151. The van der Waals surface area contributed by atoms with Crippen molar-refractivity contribution in [1.82, 2.24) is 20.3 Å². The third-order valence-corrected chi connectivity index (χ3v) is 5.42. The molecule has 0 aliphatic carbocycles. The van der Waals surface area contributed by atoms with E-state index in [2.05, 4.69) is 32.8 Å². The standard InChI is InChI=1S/C23H21N5OS/c1-16-11-12-17(2)20(13-16)24-23-25-22(29)21(30-23)10-6-9-19-15-28(27-26-19)14-18-7-4-3-5-8-18/h3-13,15H,14H2,1-2H3,(H,24,25,29)/b9-6+,21-10+. The second-order valence-electron chi connectivity index (χ2n) is 6.98. The van der Waals surface area contributed by atoms with E-state index < -0.39 is 0 Å². The zero-order valence-corrected chi connectivity index (χ0v) is 17.6. The van der Waals surface area contributed by atoms with E-state index in [9.17, 15) is 4.79 Å². The van der Waals surface area contributed by atoms with Crippen LogP contribution in [0, 0.1) is 13.8 Å². The van der Waals surface area contributed by atoms with E-state index in [1.165, 1.54) is 11.8 Å². The number of hydrogen-bond donors (Lipinski definition) is 1. The molecular formula is C23H21N5OS. The van der Waals surface area contributed by atoms with E-state index in [1.807, 2.05) is 62.5 Å². The molecule has 3 aromatic rings. The highest BCUT2D eigenvalue weighted by molar-refractivity contribution is 8.18. The van der Waals surface area contributed by atoms with Gasteiger partial charge in [0.25, 0.3) is 5.91 Å². The van der Waals surface area contributed by atoms with Crippen LogP contribution in [-0.2, 0) is 11.3 Å². The maximum absolute atomic E-state index is 12.2. The molecule has 30 heavy (non-hydrogen) atoms. The highest BCUT2D eigenvalue weighted by Crippen LogP contribution is 2.28. The molecule has 150 valence electrons. The number of aryl methyl sites for hydroxylation is 2. The Morgan fingerprint density at radius 1 is 1.17 bits per heavy atom. The Kier molecular flexibility index (Phi) is 5.90. The number of aliphatic imine (C=N–C) groups is 1. The molecule has 1 fully saturated rings. The molecule has 1 amide bonds. The van der Waals surface area contributed by atoms with Gasteiger partial charge in [-0.15, -0.1) is 5.10 Å². The number of amidine groups is 1. The van der Waals surface area contributed by atoms with Crippen LogP contribution in [0.1, 0.15) is 22.4 Å². The van der Waals surface area contributed by atoms with Crippen LogP contribution in [0.2, 0.25) is 0 Å². The minimum absolute atomic E-state index is 0.151. The Bertz CT molecular complexity index is 1160. The number of hydrogen-bond acceptors (Lipinski definition) is 5. The number of nitrogens with one attached hydrogen (secondary N) is 1. The molecule has 0 saturated carbocycles. The van der Waals surface area contributed by atoms with E-state index in [-0.39, 0.29) is 5.91 Å². The fraction of sp³-hybridized carbons (Fsp3) is 0.130. The van der Waals surface area contributed by atoms with Crippen LogP contribution >= 0.6 is 11.8 Å². The van der Waals surface area contributed by atoms with E-state index in [4.69, 9.17) is 0 Å². The second-order valence-corrected chi connectivity index (χ2v) is 8.01. The summed E-state index contributed by atoms with van der Waals surface area (Å²) in [6.07, 6.45) is 7.27. The van der Waals surface area contributed by atoms with Crippen LogP contribution in [0.4, 0.5) is 5.69 Å². The zero-order valence-electron chi connectivity index (χ0n) is 16.7. The zero-order chi connectivity index (χ0) is 20.9. The Hall–Kier alpha value is -3.45. The van der Waals surface area contributed by atoms with Crippen molar-refractivity contribution in [3.05, 3.63) is 94.2 Å². The molecule has 1 N–H and O–H groups in total. The number of allylic oxidation sites excluding steroid dienone is 2. The number of thioether (sulfide) groups is 1. The summed E-state index contributed by atoms with van der Waals surface area (Å²) >= 11 is 1.33. The topological polar surface area (TPSA) is 72.2 Å². The van der Waals surface area contributed by atoms with Crippen LogP contribution in [0.5, 0.6) is 0 Å². The van der Waals surface area contributed by atoms with Gasteiger partial charge in [0.2, 0.25) is 0 Å². The maximum atomic E-state index is 12.2. The van der Waals surface area contributed by atoms with Crippen LogP contribution < -0.4 is 5.32 Å². The summed E-state index contributed by atoms with van der Waals surface area (Å²) in [6.45, 7) is 4.69. The van der Waals surface area contributed by atoms with Gasteiger partial charge in [-0.3, -0.25) is 4.79 Å². The maximum Gasteiger partial charge on any atom is 0.264 e. The molecular weight excluding hydrogens is 394 g/mol. The van der Waals surface area contributed by atoms with Gasteiger partial charge in [0.05, 0.1) is 23.3 Å². The van der Waals surface area contributed by atoms with Gasteiger partial charge in [-0.2, -0.15) is 0 Å². The number of rotatable bonds is 5. The minimum Gasteiger partial charge on any atom is -0.300 e. The Labute approximate surface area is 179 Å². The lowest BCUT2D eigenvalue weighted by Gasteiger charge is -2.02. The van der Waals surface area contributed by atoms with Crippen molar-refractivity contribution < 1.29 is 4.79 Å². The quantitative estimate of drug-likeness (QED) is 0.627. The highest BCUT2D eigenvalue weighted by Gasteiger charge is 2.23. The number of carbonyl (C=O) groups excluding carboxylic acids is 1. The summed E-state index contributed by atoms with van der Waals surface area (Å²) in [5, 5.41) is 11.7. The first kappa shape index (κ1) is 19.8. The highest BCUT2D eigenvalue weighted by atomic mass is 32.2. The van der Waals surface area contributed by atoms with Crippen LogP contribution in [0.3, 0.4) is 0 Å². The largest absolute Gasteiger partial charge is 0.300 e. The van der Waals surface area contributed by atoms with Crippen LogP contribution in [0.15, 0.2) is 76.8 Å². The fourth-order valence-corrected chi connectivity index (χ4v) is 3.70. The molecule has 1 aliphatic heterocycles. The number of amides is 1. The monoisotopic (exact) mass is 415 g/mol. The molecule has 0 radical (unpaired) electrons. The average molecular weight is 416 g/mol. The van der Waals surface area contributed by atoms with Crippen molar-refractivity contribution in [2.45, 2.75) is 20.4 Å². The van der Waals surface area contributed by atoms with E-state index in [0.717, 1.165) is 28.1 Å². The molecule has 0 bridgehead atoms. The van der Waals surface area contributed by atoms with Crippen LogP contribution in [0.25, 0.3) is 6.08 Å². The molecule has 1 aliphatic rings. The normalized spacial score (nSPS) is 16.7. The van der Waals surface area contributed by atoms with E-state index >= 15 is 0 Å². The second kappa shape index (κ2) is 8.92. The summed E-state index contributed by atoms with van der Waals surface area (Å²) in [4.78, 5) is 17.4. The van der Waals surface area contributed by atoms with Gasteiger partial charge in [0.15, 0.2) is 5.17 Å². The van der Waals surface area contributed by atoms with Crippen molar-refractivity contribution >= 4 is 34.6 Å². The minimum atomic E-state index is -0.151. The van der Waals surface area contributed by atoms with E-state index in [0.29, 0.717) is 16.6 Å². The molecule has 2 heterocycles.